The largest absolute Gasteiger partial charge is 0.435 e. The van der Waals surface area contributed by atoms with Crippen molar-refractivity contribution in [1.29, 1.82) is 0 Å². The second-order valence-electron chi connectivity index (χ2n) is 3.23. The maximum atomic E-state index is 12.4. The lowest BCUT2D eigenvalue weighted by atomic mass is 10.2. The quantitative estimate of drug-likeness (QED) is 0.763. The molecule has 0 saturated carbocycles. The molecule has 1 aromatic rings. The molecule has 0 aliphatic heterocycles. The molecule has 1 unspecified atom stereocenters. The molecule has 1 heterocycles. The van der Waals surface area contributed by atoms with Gasteiger partial charge in [0.25, 0.3) is 0 Å². The van der Waals surface area contributed by atoms with Gasteiger partial charge in [-0.05, 0) is 12.8 Å². The monoisotopic (exact) mass is 206 g/mol. The summed E-state index contributed by atoms with van der Waals surface area (Å²) in [6.07, 6.45) is -3.68. The molecule has 0 fully saturated rings. The van der Waals surface area contributed by atoms with Gasteiger partial charge in [0, 0.05) is 12.7 Å². The number of ether oxygens (including phenoxy) is 1. The summed E-state index contributed by atoms with van der Waals surface area (Å²) in [7, 11) is 1.48. The number of alkyl halides is 3. The zero-order valence-corrected chi connectivity index (χ0v) is 7.48. The molecule has 1 atom stereocenters. The van der Waals surface area contributed by atoms with Crippen molar-refractivity contribution >= 4 is 0 Å². The Morgan fingerprint density at radius 1 is 1.50 bits per heavy atom. The van der Waals surface area contributed by atoms with E-state index in [2.05, 4.69) is 10.2 Å². The van der Waals surface area contributed by atoms with Crippen molar-refractivity contribution in [1.82, 2.24) is 10.2 Å². The Labute approximate surface area is 78.3 Å². The SMILES string of the molecule is COC1CCc2c(C(F)(F)F)n[nH]c21. The third-order valence-corrected chi connectivity index (χ3v) is 2.43. The highest BCUT2D eigenvalue weighted by atomic mass is 19.4. The summed E-state index contributed by atoms with van der Waals surface area (Å²) in [4.78, 5) is 0. The normalized spacial score (nSPS) is 21.3. The van der Waals surface area contributed by atoms with Crippen LogP contribution in [0.3, 0.4) is 0 Å². The van der Waals surface area contributed by atoms with E-state index < -0.39 is 11.9 Å². The molecule has 3 nitrogen and oxygen atoms in total. The van der Waals surface area contributed by atoms with E-state index in [-0.39, 0.29) is 11.7 Å². The maximum absolute atomic E-state index is 12.4. The zero-order chi connectivity index (χ0) is 10.3. The van der Waals surface area contributed by atoms with Crippen LogP contribution in [0, 0.1) is 0 Å². The summed E-state index contributed by atoms with van der Waals surface area (Å²) in [6, 6.07) is 0. The van der Waals surface area contributed by atoms with E-state index in [9.17, 15) is 13.2 Å². The van der Waals surface area contributed by atoms with Crippen LogP contribution >= 0.6 is 0 Å². The van der Waals surface area contributed by atoms with Crippen molar-refractivity contribution < 1.29 is 17.9 Å². The van der Waals surface area contributed by atoms with Gasteiger partial charge in [0.15, 0.2) is 5.69 Å². The number of hydrogen-bond donors (Lipinski definition) is 1. The van der Waals surface area contributed by atoms with Crippen LogP contribution < -0.4 is 0 Å². The summed E-state index contributed by atoms with van der Waals surface area (Å²) in [5.74, 6) is 0. The van der Waals surface area contributed by atoms with Crippen molar-refractivity contribution in [2.24, 2.45) is 0 Å². The van der Waals surface area contributed by atoms with Gasteiger partial charge in [0.2, 0.25) is 0 Å². The van der Waals surface area contributed by atoms with Crippen molar-refractivity contribution in [2.75, 3.05) is 7.11 Å². The first-order valence-electron chi connectivity index (χ1n) is 4.21. The number of H-pyrrole nitrogens is 1. The van der Waals surface area contributed by atoms with Crippen LogP contribution in [0.25, 0.3) is 0 Å². The molecule has 6 heteroatoms. The number of nitrogens with one attached hydrogen (secondary N) is 1. The van der Waals surface area contributed by atoms with Crippen molar-refractivity contribution in [3.05, 3.63) is 17.0 Å². The smallest absolute Gasteiger partial charge is 0.375 e. The number of aromatic nitrogens is 2. The van der Waals surface area contributed by atoms with Gasteiger partial charge in [-0.25, -0.2) is 0 Å². The average Bonchev–Trinajstić information content (AvgIpc) is 2.59. The van der Waals surface area contributed by atoms with Gasteiger partial charge < -0.3 is 4.74 Å². The third-order valence-electron chi connectivity index (χ3n) is 2.43. The van der Waals surface area contributed by atoms with Gasteiger partial charge in [-0.15, -0.1) is 0 Å². The van der Waals surface area contributed by atoms with E-state index in [0.29, 0.717) is 18.5 Å². The minimum absolute atomic E-state index is 0.254. The zero-order valence-electron chi connectivity index (χ0n) is 7.48. The topological polar surface area (TPSA) is 37.9 Å². The van der Waals surface area contributed by atoms with Gasteiger partial charge in [-0.1, -0.05) is 0 Å². The number of hydrogen-bond acceptors (Lipinski definition) is 2. The molecule has 0 amide bonds. The lowest BCUT2D eigenvalue weighted by Crippen LogP contribution is -2.08. The van der Waals surface area contributed by atoms with E-state index in [1.807, 2.05) is 0 Å². The Balaban J connectivity index is 2.40. The molecular formula is C8H9F3N2O. The van der Waals surface area contributed by atoms with Gasteiger partial charge in [-0.3, -0.25) is 5.10 Å². The highest BCUT2D eigenvalue weighted by Gasteiger charge is 2.41. The van der Waals surface area contributed by atoms with Crippen LogP contribution in [-0.4, -0.2) is 17.3 Å². The molecular weight excluding hydrogens is 197 g/mol. The standard InChI is InChI=1S/C8H9F3N2O/c1-14-5-3-2-4-6(5)12-13-7(4)8(9,10)11/h5H,2-3H2,1H3,(H,12,13). The minimum atomic E-state index is -4.37. The van der Waals surface area contributed by atoms with Crippen LogP contribution in [0.4, 0.5) is 13.2 Å². The molecule has 0 aromatic carbocycles. The summed E-state index contributed by atoms with van der Waals surface area (Å²) in [5.41, 5.74) is -0.0729. The Bertz CT molecular complexity index is 345. The highest BCUT2D eigenvalue weighted by molar-refractivity contribution is 5.33. The predicted octanol–water partition coefficient (Wildman–Crippen LogP) is 2.06. The van der Waals surface area contributed by atoms with Gasteiger partial charge in [0.05, 0.1) is 11.8 Å². The maximum Gasteiger partial charge on any atom is 0.435 e. The average molecular weight is 206 g/mol. The van der Waals surface area contributed by atoms with E-state index >= 15 is 0 Å². The summed E-state index contributed by atoms with van der Waals surface area (Å²) in [5, 5.41) is 5.68. The molecule has 1 aliphatic rings. The van der Waals surface area contributed by atoms with E-state index in [1.54, 1.807) is 0 Å². The molecule has 1 aliphatic carbocycles. The van der Waals surface area contributed by atoms with Gasteiger partial charge >= 0.3 is 6.18 Å². The van der Waals surface area contributed by atoms with E-state index in [0.717, 1.165) is 0 Å². The Hall–Kier alpha value is -1.04. The van der Waals surface area contributed by atoms with Crippen molar-refractivity contribution in [3.63, 3.8) is 0 Å². The summed E-state index contributed by atoms with van der Waals surface area (Å²) >= 11 is 0. The number of nitrogens with zero attached hydrogens (tertiary/aromatic N) is 1. The van der Waals surface area contributed by atoms with Crippen LogP contribution in [0.5, 0.6) is 0 Å². The molecule has 0 spiro atoms. The lowest BCUT2D eigenvalue weighted by molar-refractivity contribution is -0.141. The molecule has 0 radical (unpaired) electrons. The van der Waals surface area contributed by atoms with Crippen LogP contribution in [0.2, 0.25) is 0 Å². The second kappa shape index (κ2) is 2.98. The summed E-state index contributed by atoms with van der Waals surface area (Å²) in [6.45, 7) is 0. The fourth-order valence-electron chi connectivity index (χ4n) is 1.79. The number of rotatable bonds is 1. The molecule has 1 aromatic heterocycles. The van der Waals surface area contributed by atoms with Gasteiger partial charge in [0.1, 0.15) is 0 Å². The van der Waals surface area contributed by atoms with Crippen LogP contribution in [-0.2, 0) is 17.3 Å². The molecule has 0 saturated heterocycles. The number of fused-ring (bicyclic) bond motifs is 1. The first kappa shape index (κ1) is 9.51. The highest BCUT2D eigenvalue weighted by Crippen LogP contribution is 2.39. The van der Waals surface area contributed by atoms with Gasteiger partial charge in [-0.2, -0.15) is 18.3 Å². The Kier molecular flexibility index (Phi) is 2.02. The number of halogens is 3. The second-order valence-corrected chi connectivity index (χ2v) is 3.23. The van der Waals surface area contributed by atoms with Crippen LogP contribution in [0.15, 0.2) is 0 Å². The fourth-order valence-corrected chi connectivity index (χ4v) is 1.79. The van der Waals surface area contributed by atoms with Crippen LogP contribution in [0.1, 0.15) is 29.5 Å². The third kappa shape index (κ3) is 1.30. The molecule has 14 heavy (non-hydrogen) atoms. The number of methoxy groups -OCH3 is 1. The lowest BCUT2D eigenvalue weighted by Gasteiger charge is -2.04. The number of aromatic amines is 1. The molecule has 0 bridgehead atoms. The summed E-state index contributed by atoms with van der Waals surface area (Å²) < 4.78 is 42.2. The van der Waals surface area contributed by atoms with Crippen molar-refractivity contribution in [2.45, 2.75) is 25.1 Å². The van der Waals surface area contributed by atoms with Crippen molar-refractivity contribution in [3.8, 4) is 0 Å². The predicted molar refractivity (Wildman–Crippen MR) is 41.7 cm³/mol. The Morgan fingerprint density at radius 2 is 2.21 bits per heavy atom. The Morgan fingerprint density at radius 3 is 2.79 bits per heavy atom. The molecule has 2 rings (SSSR count). The fraction of sp³-hybridized carbons (Fsp3) is 0.625. The minimum Gasteiger partial charge on any atom is -0.375 e. The first-order chi connectivity index (χ1) is 6.54. The van der Waals surface area contributed by atoms with E-state index in [1.165, 1.54) is 7.11 Å². The molecule has 1 N–H and O–H groups in total. The first-order valence-corrected chi connectivity index (χ1v) is 4.21. The molecule has 78 valence electrons. The van der Waals surface area contributed by atoms with E-state index in [4.69, 9.17) is 4.74 Å².